The molecular formula is C21H21F2N3O2S2. The average molecular weight is 450 g/mol. The predicted molar refractivity (Wildman–Crippen MR) is 113 cm³/mol. The van der Waals surface area contributed by atoms with E-state index in [0.29, 0.717) is 19.2 Å². The average Bonchev–Trinajstić information content (AvgIpc) is 3.18. The fourth-order valence-electron chi connectivity index (χ4n) is 3.38. The maximum atomic E-state index is 14.0. The van der Waals surface area contributed by atoms with Gasteiger partial charge in [-0.3, -0.25) is 0 Å². The van der Waals surface area contributed by atoms with Crippen LogP contribution in [0.4, 0.5) is 13.9 Å². The summed E-state index contributed by atoms with van der Waals surface area (Å²) >= 11 is 1.53. The highest BCUT2D eigenvalue weighted by Gasteiger charge is 2.31. The van der Waals surface area contributed by atoms with Gasteiger partial charge >= 0.3 is 0 Å². The molecule has 1 saturated heterocycles. The molecule has 1 aliphatic rings. The molecule has 2 aromatic carbocycles. The van der Waals surface area contributed by atoms with E-state index in [1.54, 1.807) is 0 Å². The number of hydrogen-bond acceptors (Lipinski definition) is 5. The molecule has 30 heavy (non-hydrogen) atoms. The van der Waals surface area contributed by atoms with E-state index in [1.807, 2.05) is 10.3 Å². The first kappa shape index (κ1) is 20.9. The van der Waals surface area contributed by atoms with Gasteiger partial charge in [-0.1, -0.05) is 29.8 Å². The number of rotatable bonds is 5. The van der Waals surface area contributed by atoms with Gasteiger partial charge in [0.1, 0.15) is 16.5 Å². The van der Waals surface area contributed by atoms with Crippen molar-refractivity contribution in [3.8, 4) is 0 Å². The van der Waals surface area contributed by atoms with E-state index in [4.69, 9.17) is 4.98 Å². The highest BCUT2D eigenvalue weighted by molar-refractivity contribution is 7.89. The maximum Gasteiger partial charge on any atom is 0.246 e. The third-order valence-electron chi connectivity index (χ3n) is 5.07. The third-order valence-corrected chi connectivity index (χ3v) is 7.95. The van der Waals surface area contributed by atoms with E-state index in [0.717, 1.165) is 29.4 Å². The number of aryl methyl sites for hydroxylation is 1. The van der Waals surface area contributed by atoms with Crippen molar-refractivity contribution in [1.82, 2.24) is 9.29 Å². The Morgan fingerprint density at radius 1 is 1.03 bits per heavy atom. The Labute approximate surface area is 178 Å². The van der Waals surface area contributed by atoms with Crippen LogP contribution in [0.2, 0.25) is 0 Å². The van der Waals surface area contributed by atoms with E-state index in [-0.39, 0.29) is 13.1 Å². The van der Waals surface area contributed by atoms with E-state index in [2.05, 4.69) is 31.2 Å². The summed E-state index contributed by atoms with van der Waals surface area (Å²) in [5, 5.41) is 2.87. The first-order valence-electron chi connectivity index (χ1n) is 9.53. The lowest BCUT2D eigenvalue weighted by Crippen LogP contribution is -2.48. The first-order chi connectivity index (χ1) is 14.3. The molecule has 4 rings (SSSR count). The Balaban J connectivity index is 1.41. The Morgan fingerprint density at radius 3 is 2.40 bits per heavy atom. The molecule has 3 aromatic rings. The Morgan fingerprint density at radius 2 is 1.73 bits per heavy atom. The zero-order valence-electron chi connectivity index (χ0n) is 16.4. The molecule has 2 heterocycles. The van der Waals surface area contributed by atoms with Crippen LogP contribution in [-0.4, -0.2) is 43.9 Å². The Kier molecular flexibility index (Phi) is 5.86. The van der Waals surface area contributed by atoms with E-state index in [1.165, 1.54) is 26.8 Å². The summed E-state index contributed by atoms with van der Waals surface area (Å²) < 4.78 is 53.8. The molecule has 0 atom stereocenters. The summed E-state index contributed by atoms with van der Waals surface area (Å²) in [6, 6.07) is 10.9. The molecule has 0 spiro atoms. The van der Waals surface area contributed by atoms with Crippen LogP contribution in [0.25, 0.3) is 0 Å². The molecule has 9 heteroatoms. The van der Waals surface area contributed by atoms with Gasteiger partial charge in [0.15, 0.2) is 5.13 Å². The van der Waals surface area contributed by atoms with Crippen LogP contribution in [0, 0.1) is 18.6 Å². The molecule has 0 aliphatic carbocycles. The third kappa shape index (κ3) is 4.38. The van der Waals surface area contributed by atoms with Gasteiger partial charge in [0, 0.05) is 44.0 Å². The van der Waals surface area contributed by atoms with Crippen LogP contribution < -0.4 is 4.90 Å². The zero-order valence-corrected chi connectivity index (χ0v) is 18.0. The van der Waals surface area contributed by atoms with Gasteiger partial charge in [-0.25, -0.2) is 22.2 Å². The molecule has 0 saturated carbocycles. The molecule has 0 bridgehead atoms. The van der Waals surface area contributed by atoms with Crippen molar-refractivity contribution in [1.29, 1.82) is 0 Å². The second-order valence-electron chi connectivity index (χ2n) is 7.25. The number of thiazole rings is 1. The lowest BCUT2D eigenvalue weighted by Gasteiger charge is -2.33. The van der Waals surface area contributed by atoms with Gasteiger partial charge < -0.3 is 4.90 Å². The van der Waals surface area contributed by atoms with Crippen molar-refractivity contribution >= 4 is 26.5 Å². The molecule has 0 N–H and O–H groups in total. The number of hydrogen-bond donors (Lipinski definition) is 0. The molecule has 1 aromatic heterocycles. The normalized spacial score (nSPS) is 15.5. The van der Waals surface area contributed by atoms with E-state index >= 15 is 0 Å². The van der Waals surface area contributed by atoms with Gasteiger partial charge in [-0.2, -0.15) is 4.31 Å². The minimum atomic E-state index is -4.01. The lowest BCUT2D eigenvalue weighted by molar-refractivity contribution is 0.382. The quantitative estimate of drug-likeness (QED) is 0.594. The predicted octanol–water partition coefficient (Wildman–Crippen LogP) is 3.83. The van der Waals surface area contributed by atoms with Crippen LogP contribution in [0.3, 0.4) is 0 Å². The molecule has 1 aliphatic heterocycles. The fourth-order valence-corrected chi connectivity index (χ4v) is 5.73. The second kappa shape index (κ2) is 8.41. The maximum absolute atomic E-state index is 14.0. The Bertz CT molecular complexity index is 1140. The molecule has 0 amide bonds. The number of halogens is 2. The zero-order chi connectivity index (χ0) is 21.3. The van der Waals surface area contributed by atoms with Crippen molar-refractivity contribution in [2.45, 2.75) is 18.2 Å². The second-order valence-corrected chi connectivity index (χ2v) is 9.99. The van der Waals surface area contributed by atoms with Crippen LogP contribution in [0.5, 0.6) is 0 Å². The number of sulfonamides is 1. The minimum Gasteiger partial charge on any atom is -0.345 e. The van der Waals surface area contributed by atoms with Crippen molar-refractivity contribution in [2.75, 3.05) is 31.1 Å². The summed E-state index contributed by atoms with van der Waals surface area (Å²) in [6.45, 7) is 3.39. The summed E-state index contributed by atoms with van der Waals surface area (Å²) in [7, 11) is -4.01. The van der Waals surface area contributed by atoms with Crippen LogP contribution in [0.15, 0.2) is 52.7 Å². The SMILES string of the molecule is Cc1ccc(Cc2csc(N3CCN(S(=O)(=O)c4ccc(F)cc4F)CC3)n2)cc1. The lowest BCUT2D eigenvalue weighted by atomic mass is 10.1. The number of anilines is 1. The largest absolute Gasteiger partial charge is 0.345 e. The smallest absolute Gasteiger partial charge is 0.246 e. The Hall–Kier alpha value is -2.36. The molecule has 5 nitrogen and oxygen atoms in total. The van der Waals surface area contributed by atoms with Gasteiger partial charge in [0.2, 0.25) is 10.0 Å². The number of piperazine rings is 1. The van der Waals surface area contributed by atoms with Gasteiger partial charge in [-0.15, -0.1) is 11.3 Å². The van der Waals surface area contributed by atoms with Crippen molar-refractivity contribution in [2.24, 2.45) is 0 Å². The minimum absolute atomic E-state index is 0.214. The van der Waals surface area contributed by atoms with Crippen molar-refractivity contribution < 1.29 is 17.2 Å². The standard InChI is InChI=1S/C21H21F2N3O2S2/c1-15-2-4-16(5-3-15)12-18-14-29-21(24-18)25-8-10-26(11-9-25)30(27,28)20-7-6-17(22)13-19(20)23/h2-7,13-14H,8-12H2,1H3. The molecular weight excluding hydrogens is 428 g/mol. The number of benzene rings is 2. The highest BCUT2D eigenvalue weighted by Crippen LogP contribution is 2.26. The monoisotopic (exact) mass is 449 g/mol. The van der Waals surface area contributed by atoms with Crippen LogP contribution in [-0.2, 0) is 16.4 Å². The van der Waals surface area contributed by atoms with Crippen molar-refractivity contribution in [3.05, 3.63) is 76.3 Å². The highest BCUT2D eigenvalue weighted by atomic mass is 32.2. The first-order valence-corrected chi connectivity index (χ1v) is 11.8. The van der Waals surface area contributed by atoms with Gasteiger partial charge in [0.05, 0.1) is 5.69 Å². The fraction of sp³-hybridized carbons (Fsp3) is 0.286. The number of aromatic nitrogens is 1. The van der Waals surface area contributed by atoms with Crippen molar-refractivity contribution in [3.63, 3.8) is 0 Å². The summed E-state index contributed by atoms with van der Waals surface area (Å²) in [5.41, 5.74) is 3.38. The molecule has 158 valence electrons. The topological polar surface area (TPSA) is 53.5 Å². The number of nitrogens with zero attached hydrogens (tertiary/aromatic N) is 3. The molecule has 0 unspecified atom stereocenters. The van der Waals surface area contributed by atoms with Gasteiger partial charge in [0.25, 0.3) is 0 Å². The van der Waals surface area contributed by atoms with Gasteiger partial charge in [-0.05, 0) is 24.6 Å². The van der Waals surface area contributed by atoms with Crippen LogP contribution >= 0.6 is 11.3 Å². The summed E-state index contributed by atoms with van der Waals surface area (Å²) in [4.78, 5) is 6.24. The summed E-state index contributed by atoms with van der Waals surface area (Å²) in [6.07, 6.45) is 0.745. The molecule has 1 fully saturated rings. The van der Waals surface area contributed by atoms with E-state index < -0.39 is 26.6 Å². The molecule has 0 radical (unpaired) electrons. The van der Waals surface area contributed by atoms with Crippen LogP contribution in [0.1, 0.15) is 16.8 Å². The van der Waals surface area contributed by atoms with E-state index in [9.17, 15) is 17.2 Å². The summed E-state index contributed by atoms with van der Waals surface area (Å²) in [5.74, 6) is -1.88.